The van der Waals surface area contributed by atoms with Gasteiger partial charge in [-0.25, -0.2) is 4.90 Å². The molecule has 0 aliphatic carbocycles. The molecule has 3 atom stereocenters. The number of carbonyl (C=O) groups excluding carboxylic acids is 3. The number of benzene rings is 4. The van der Waals surface area contributed by atoms with Crippen LogP contribution < -0.4 is 20.0 Å². The van der Waals surface area contributed by atoms with Crippen molar-refractivity contribution in [3.63, 3.8) is 0 Å². The molecule has 244 valence electrons. The van der Waals surface area contributed by atoms with Crippen LogP contribution in [0.15, 0.2) is 101 Å². The van der Waals surface area contributed by atoms with E-state index >= 15 is 0 Å². The maximum atomic E-state index is 14.1. The Morgan fingerprint density at radius 2 is 1.60 bits per heavy atom. The normalized spacial score (nSPS) is 18.9. The fraction of sp³-hybridized carbons (Fsp3) is 0.200. The van der Waals surface area contributed by atoms with Crippen LogP contribution in [0.4, 0.5) is 30.2 Å². The van der Waals surface area contributed by atoms with E-state index in [0.29, 0.717) is 21.2 Å². The Kier molecular flexibility index (Phi) is 7.91. The Labute approximate surface area is 280 Å². The Balaban J connectivity index is 1.27. The number of anilines is 3. The minimum atomic E-state index is -4.67. The average Bonchev–Trinajstić information content (AvgIpc) is 3.50. The zero-order chi connectivity index (χ0) is 33.9. The fourth-order valence-electron chi connectivity index (χ4n) is 6.28. The highest BCUT2D eigenvalue weighted by Gasteiger charge is 2.57. The smallest absolute Gasteiger partial charge is 0.378 e. The molecule has 2 aliphatic heterocycles. The van der Waals surface area contributed by atoms with Crippen molar-refractivity contribution in [2.24, 2.45) is 5.92 Å². The summed E-state index contributed by atoms with van der Waals surface area (Å²) in [5.74, 6) is -3.53. The molecule has 2 aliphatic rings. The van der Waals surface area contributed by atoms with Crippen LogP contribution in [0, 0.1) is 5.92 Å². The van der Waals surface area contributed by atoms with Gasteiger partial charge in [-0.1, -0.05) is 71.6 Å². The minimum Gasteiger partial charge on any atom is -0.378 e. The topological polar surface area (TPSA) is 91.7 Å². The van der Waals surface area contributed by atoms with Crippen LogP contribution in [0.1, 0.15) is 21.9 Å². The molecule has 1 fully saturated rings. The Morgan fingerprint density at radius 1 is 0.875 bits per heavy atom. The molecular formula is C35H27F3N4O4S2. The van der Waals surface area contributed by atoms with Crippen LogP contribution in [0.5, 0.6) is 0 Å². The number of thioether (sulfide) groups is 1. The second kappa shape index (κ2) is 12.0. The van der Waals surface area contributed by atoms with Gasteiger partial charge in [0.15, 0.2) is 0 Å². The van der Waals surface area contributed by atoms with Gasteiger partial charge in [-0.05, 0) is 58.8 Å². The summed E-state index contributed by atoms with van der Waals surface area (Å²) in [6.45, 7) is -0.340. The second-order valence-corrected chi connectivity index (χ2v) is 13.9. The summed E-state index contributed by atoms with van der Waals surface area (Å²) in [7, 11) is 3.75. The molecule has 48 heavy (non-hydrogen) atoms. The van der Waals surface area contributed by atoms with E-state index in [1.807, 2.05) is 79.7 Å². The van der Waals surface area contributed by atoms with Gasteiger partial charge in [0.25, 0.3) is 0 Å². The van der Waals surface area contributed by atoms with Gasteiger partial charge in [-0.2, -0.15) is 13.2 Å². The van der Waals surface area contributed by atoms with Crippen molar-refractivity contribution in [1.82, 2.24) is 4.57 Å². The number of rotatable bonds is 6. The molecule has 5 aromatic rings. The first-order valence-corrected chi connectivity index (χ1v) is 16.6. The van der Waals surface area contributed by atoms with Crippen molar-refractivity contribution in [2.75, 3.05) is 29.2 Å². The van der Waals surface area contributed by atoms with Crippen molar-refractivity contribution < 1.29 is 27.6 Å². The Morgan fingerprint density at radius 3 is 2.31 bits per heavy atom. The summed E-state index contributed by atoms with van der Waals surface area (Å²) in [5, 5.41) is 4.12. The third-order valence-corrected chi connectivity index (χ3v) is 11.2. The zero-order valence-electron chi connectivity index (χ0n) is 25.5. The molecule has 4 aromatic carbocycles. The van der Waals surface area contributed by atoms with Crippen LogP contribution in [0.2, 0.25) is 0 Å². The third-order valence-electron chi connectivity index (χ3n) is 8.58. The van der Waals surface area contributed by atoms with Crippen LogP contribution in [0.25, 0.3) is 10.8 Å². The third kappa shape index (κ3) is 5.56. The highest BCUT2D eigenvalue weighted by Crippen LogP contribution is 2.54. The van der Waals surface area contributed by atoms with E-state index in [4.69, 9.17) is 0 Å². The summed E-state index contributed by atoms with van der Waals surface area (Å²) in [6.07, 6.45) is -4.67. The first kappa shape index (κ1) is 31.7. The van der Waals surface area contributed by atoms with Crippen molar-refractivity contribution in [3.05, 3.63) is 117 Å². The van der Waals surface area contributed by atoms with E-state index < -0.39 is 51.4 Å². The van der Waals surface area contributed by atoms with Crippen molar-refractivity contribution >= 4 is 68.7 Å². The number of aromatic nitrogens is 1. The molecule has 3 unspecified atom stereocenters. The molecule has 7 rings (SSSR count). The van der Waals surface area contributed by atoms with Gasteiger partial charge in [0.1, 0.15) is 11.8 Å². The van der Waals surface area contributed by atoms with Crippen molar-refractivity contribution in [2.45, 2.75) is 28.9 Å². The van der Waals surface area contributed by atoms with Gasteiger partial charge in [0, 0.05) is 36.3 Å². The highest BCUT2D eigenvalue weighted by molar-refractivity contribution is 8.00. The van der Waals surface area contributed by atoms with Gasteiger partial charge in [0.05, 0.1) is 22.2 Å². The van der Waals surface area contributed by atoms with Crippen LogP contribution in [-0.2, 0) is 27.1 Å². The number of alkyl halides is 3. The van der Waals surface area contributed by atoms with Gasteiger partial charge in [0.2, 0.25) is 17.7 Å². The van der Waals surface area contributed by atoms with Gasteiger partial charge in [-0.3, -0.25) is 23.7 Å². The average molecular weight is 689 g/mol. The predicted octanol–water partition coefficient (Wildman–Crippen LogP) is 6.58. The molecule has 3 heterocycles. The lowest BCUT2D eigenvalue weighted by molar-refractivity contribution is -0.137. The summed E-state index contributed by atoms with van der Waals surface area (Å²) in [4.78, 5) is 57.7. The molecule has 1 aromatic heterocycles. The predicted molar refractivity (Wildman–Crippen MR) is 181 cm³/mol. The molecule has 1 saturated heterocycles. The SMILES string of the molecule is CN(C)c1ccc(C2c3sc(=O)n(CC(=O)Nc4ccc5ccccc5c4)c3SC3C(=O)N(c4cccc(C(F)(F)F)c4)C(=O)C32)cc1. The molecule has 13 heteroatoms. The molecule has 0 bridgehead atoms. The monoisotopic (exact) mass is 688 g/mol. The number of amides is 3. The Hall–Kier alpha value is -4.88. The Bertz CT molecular complexity index is 2160. The van der Waals surface area contributed by atoms with E-state index in [1.165, 1.54) is 10.6 Å². The number of hydrogen-bond donors (Lipinski definition) is 1. The molecular weight excluding hydrogens is 662 g/mol. The first-order chi connectivity index (χ1) is 22.9. The largest absolute Gasteiger partial charge is 0.416 e. The van der Waals surface area contributed by atoms with Crippen LogP contribution in [0.3, 0.4) is 0 Å². The van der Waals surface area contributed by atoms with E-state index in [2.05, 4.69) is 5.32 Å². The van der Waals surface area contributed by atoms with E-state index in [-0.39, 0.29) is 12.2 Å². The fourth-order valence-corrected chi connectivity index (χ4v) is 9.05. The number of halogens is 3. The quantitative estimate of drug-likeness (QED) is 0.203. The number of carbonyl (C=O) groups is 3. The summed E-state index contributed by atoms with van der Waals surface area (Å²) < 4.78 is 42.1. The van der Waals surface area contributed by atoms with Crippen molar-refractivity contribution in [3.8, 4) is 0 Å². The maximum Gasteiger partial charge on any atom is 0.416 e. The second-order valence-electron chi connectivity index (χ2n) is 11.8. The number of thiazole rings is 1. The van der Waals surface area contributed by atoms with Crippen LogP contribution in [-0.4, -0.2) is 41.6 Å². The van der Waals surface area contributed by atoms with Crippen molar-refractivity contribution in [1.29, 1.82) is 0 Å². The van der Waals surface area contributed by atoms with Gasteiger partial charge < -0.3 is 10.2 Å². The standard InChI is InChI=1S/C35H27F3N4O4S2/c1-40(2)24-14-11-20(12-15-24)27-28-29(32(45)42(31(28)44)25-9-5-8-22(17-25)35(36,37)38)47-33-30(27)48-34(46)41(33)18-26(43)39-23-13-10-19-6-3-4-7-21(19)16-23/h3-17,27-29H,18H2,1-2H3,(H,39,43). The number of imide groups is 1. The lowest BCUT2D eigenvalue weighted by Gasteiger charge is -2.31. The molecule has 8 nitrogen and oxygen atoms in total. The summed E-state index contributed by atoms with van der Waals surface area (Å²) >= 11 is 1.90. The lowest BCUT2D eigenvalue weighted by Crippen LogP contribution is -2.33. The molecule has 0 radical (unpaired) electrons. The van der Waals surface area contributed by atoms with E-state index in [1.54, 1.807) is 6.07 Å². The summed E-state index contributed by atoms with van der Waals surface area (Å²) in [6, 6.07) is 24.7. The van der Waals surface area contributed by atoms with Gasteiger partial charge in [-0.15, -0.1) is 0 Å². The summed E-state index contributed by atoms with van der Waals surface area (Å²) in [5.41, 5.74) is 0.946. The molecule has 3 amide bonds. The zero-order valence-corrected chi connectivity index (χ0v) is 27.2. The number of nitrogens with one attached hydrogen (secondary N) is 1. The highest BCUT2D eigenvalue weighted by atomic mass is 32.2. The maximum absolute atomic E-state index is 14.1. The number of hydrogen-bond acceptors (Lipinski definition) is 7. The molecule has 0 saturated carbocycles. The molecule has 1 N–H and O–H groups in total. The minimum absolute atomic E-state index is 0.174. The first-order valence-electron chi connectivity index (χ1n) is 14.9. The van der Waals surface area contributed by atoms with E-state index in [9.17, 15) is 32.3 Å². The number of nitrogens with zero attached hydrogens (tertiary/aromatic N) is 3. The van der Waals surface area contributed by atoms with Crippen LogP contribution >= 0.6 is 23.1 Å². The van der Waals surface area contributed by atoms with Gasteiger partial charge >= 0.3 is 11.0 Å². The molecule has 0 spiro atoms. The lowest BCUT2D eigenvalue weighted by atomic mass is 9.83. The van der Waals surface area contributed by atoms with E-state index in [0.717, 1.165) is 62.7 Å². The number of fused-ring (bicyclic) bond motifs is 3.